The highest BCUT2D eigenvalue weighted by atomic mass is 79.9. The van der Waals surface area contributed by atoms with Crippen molar-refractivity contribution in [3.63, 3.8) is 0 Å². The summed E-state index contributed by atoms with van der Waals surface area (Å²) < 4.78 is 5.91. The van der Waals surface area contributed by atoms with Crippen LogP contribution in [-0.2, 0) is 0 Å². The molecule has 0 bridgehead atoms. The van der Waals surface area contributed by atoms with Crippen LogP contribution in [0, 0.1) is 10.1 Å². The largest absolute Gasteiger partial charge is 0.468 e. The van der Waals surface area contributed by atoms with Gasteiger partial charge in [-0.2, -0.15) is 0 Å². The van der Waals surface area contributed by atoms with Crippen molar-refractivity contribution in [2.75, 3.05) is 13.6 Å². The van der Waals surface area contributed by atoms with Gasteiger partial charge in [0.15, 0.2) is 0 Å². The Balaban J connectivity index is 2.90. The van der Waals surface area contributed by atoms with E-state index < -0.39 is 4.92 Å². The average molecular weight is 290 g/mol. The van der Waals surface area contributed by atoms with Crippen LogP contribution in [0.5, 0.6) is 5.88 Å². The highest BCUT2D eigenvalue weighted by molar-refractivity contribution is 9.10. The van der Waals surface area contributed by atoms with E-state index >= 15 is 0 Å². The van der Waals surface area contributed by atoms with E-state index in [1.54, 1.807) is 7.05 Å². The zero-order chi connectivity index (χ0) is 12.1. The van der Waals surface area contributed by atoms with Crippen LogP contribution in [0.15, 0.2) is 16.7 Å². The van der Waals surface area contributed by atoms with Gasteiger partial charge < -0.3 is 10.1 Å². The van der Waals surface area contributed by atoms with Crippen molar-refractivity contribution < 1.29 is 9.66 Å². The summed E-state index contributed by atoms with van der Waals surface area (Å²) in [6.45, 7) is 2.40. The van der Waals surface area contributed by atoms with Crippen molar-refractivity contribution in [1.29, 1.82) is 0 Å². The second kappa shape index (κ2) is 5.76. The Hall–Kier alpha value is -1.21. The van der Waals surface area contributed by atoms with Gasteiger partial charge in [0.05, 0.1) is 4.92 Å². The number of hydrogen-bond donors (Lipinski definition) is 1. The molecule has 0 fully saturated rings. The van der Waals surface area contributed by atoms with Crippen molar-refractivity contribution in [2.45, 2.75) is 13.0 Å². The van der Waals surface area contributed by atoms with E-state index in [0.717, 1.165) is 0 Å². The van der Waals surface area contributed by atoms with Crippen LogP contribution in [0.1, 0.15) is 6.92 Å². The van der Waals surface area contributed by atoms with E-state index in [0.29, 0.717) is 11.0 Å². The highest BCUT2D eigenvalue weighted by Crippen LogP contribution is 2.27. The van der Waals surface area contributed by atoms with Crippen molar-refractivity contribution in [1.82, 2.24) is 10.3 Å². The van der Waals surface area contributed by atoms with Crippen molar-refractivity contribution in [3.8, 4) is 5.88 Å². The third-order valence-corrected chi connectivity index (χ3v) is 2.23. The Morgan fingerprint density at radius 2 is 2.44 bits per heavy atom. The van der Waals surface area contributed by atoms with Gasteiger partial charge in [-0.05, 0) is 29.9 Å². The van der Waals surface area contributed by atoms with Crippen LogP contribution in [0.25, 0.3) is 0 Å². The molecule has 1 rings (SSSR count). The first kappa shape index (κ1) is 12.9. The first-order chi connectivity index (χ1) is 7.54. The number of likely N-dealkylation sites (N-methyl/N-ethyl adjacent to an activating group) is 1. The quantitative estimate of drug-likeness (QED) is 0.660. The molecule has 1 unspecified atom stereocenters. The van der Waals surface area contributed by atoms with Crippen molar-refractivity contribution in [3.05, 3.63) is 26.9 Å². The fourth-order valence-electron chi connectivity index (χ4n) is 1.16. The lowest BCUT2D eigenvalue weighted by molar-refractivity contribution is -0.386. The van der Waals surface area contributed by atoms with Crippen molar-refractivity contribution >= 4 is 21.6 Å². The summed E-state index contributed by atoms with van der Waals surface area (Å²) in [5.74, 6) is 0.0379. The van der Waals surface area contributed by atoms with E-state index in [2.05, 4.69) is 26.2 Å². The van der Waals surface area contributed by atoms with Crippen LogP contribution in [0.2, 0.25) is 0 Å². The summed E-state index contributed by atoms with van der Waals surface area (Å²) in [5.41, 5.74) is -0.141. The highest BCUT2D eigenvalue weighted by Gasteiger charge is 2.19. The number of hydrogen-bond acceptors (Lipinski definition) is 5. The predicted octanol–water partition coefficient (Wildman–Crippen LogP) is 1.74. The maximum Gasteiger partial charge on any atom is 0.332 e. The lowest BCUT2D eigenvalue weighted by atomic mass is 10.4. The molecule has 0 amide bonds. The number of rotatable bonds is 5. The normalized spacial score (nSPS) is 12.2. The molecule has 1 heterocycles. The molecule has 0 aliphatic heterocycles. The van der Waals surface area contributed by atoms with Gasteiger partial charge >= 0.3 is 5.69 Å². The molecule has 0 aliphatic carbocycles. The Morgan fingerprint density at radius 1 is 1.75 bits per heavy atom. The topological polar surface area (TPSA) is 77.3 Å². The Kier molecular flexibility index (Phi) is 4.63. The Morgan fingerprint density at radius 3 is 3.00 bits per heavy atom. The van der Waals surface area contributed by atoms with E-state index in [9.17, 15) is 10.1 Å². The van der Waals surface area contributed by atoms with Gasteiger partial charge in [0, 0.05) is 23.3 Å². The summed E-state index contributed by atoms with van der Waals surface area (Å²) >= 11 is 3.13. The number of ether oxygens (including phenoxy) is 1. The van der Waals surface area contributed by atoms with Crippen LogP contribution >= 0.6 is 15.9 Å². The lowest BCUT2D eigenvalue weighted by Crippen LogP contribution is -2.26. The first-order valence-electron chi connectivity index (χ1n) is 4.65. The first-order valence-corrected chi connectivity index (χ1v) is 5.45. The molecule has 16 heavy (non-hydrogen) atoms. The molecule has 88 valence electrons. The summed E-state index contributed by atoms with van der Waals surface area (Å²) in [4.78, 5) is 14.1. The fraction of sp³-hybridized carbons (Fsp3) is 0.444. The number of nitro groups is 1. The minimum atomic E-state index is -0.515. The second-order valence-electron chi connectivity index (χ2n) is 3.22. The lowest BCUT2D eigenvalue weighted by Gasteiger charge is -2.12. The standard InChI is InChI=1S/C9H12BrN3O3/c1-6(4-11-2)16-9-8(13(14)15)3-7(10)5-12-9/h3,5-6,11H,4H2,1-2H3. The predicted molar refractivity (Wildman–Crippen MR) is 62.6 cm³/mol. The molecule has 0 saturated heterocycles. The number of aromatic nitrogens is 1. The molecule has 1 aromatic rings. The van der Waals surface area contributed by atoms with E-state index in [1.807, 2.05) is 6.92 Å². The van der Waals surface area contributed by atoms with Crippen molar-refractivity contribution in [2.24, 2.45) is 0 Å². The molecule has 1 atom stereocenters. The second-order valence-corrected chi connectivity index (χ2v) is 4.14. The van der Waals surface area contributed by atoms with Crippen LogP contribution < -0.4 is 10.1 Å². The summed E-state index contributed by atoms with van der Waals surface area (Å²) in [5, 5.41) is 13.7. The van der Waals surface area contributed by atoms with Crippen LogP contribution in [-0.4, -0.2) is 29.6 Å². The van der Waals surface area contributed by atoms with E-state index in [1.165, 1.54) is 12.3 Å². The third-order valence-electron chi connectivity index (χ3n) is 1.80. The smallest absolute Gasteiger partial charge is 0.332 e. The zero-order valence-corrected chi connectivity index (χ0v) is 10.5. The third kappa shape index (κ3) is 3.42. The summed E-state index contributed by atoms with van der Waals surface area (Å²) in [7, 11) is 1.78. The number of nitrogens with zero attached hydrogens (tertiary/aromatic N) is 2. The van der Waals surface area contributed by atoms with Gasteiger partial charge in [0.2, 0.25) is 0 Å². The Bertz CT molecular complexity index is 386. The molecule has 0 aliphatic rings. The molecule has 1 aromatic heterocycles. The maximum atomic E-state index is 10.8. The SMILES string of the molecule is CNCC(C)Oc1ncc(Br)cc1[N+](=O)[O-]. The molecule has 7 heteroatoms. The summed E-state index contributed by atoms with van der Waals surface area (Å²) in [6, 6.07) is 1.37. The molecule has 0 spiro atoms. The number of pyridine rings is 1. The number of nitrogens with one attached hydrogen (secondary N) is 1. The van der Waals surface area contributed by atoms with Gasteiger partial charge in [-0.15, -0.1) is 0 Å². The molecule has 0 radical (unpaired) electrons. The van der Waals surface area contributed by atoms with E-state index in [4.69, 9.17) is 4.74 Å². The molecular formula is C9H12BrN3O3. The monoisotopic (exact) mass is 289 g/mol. The van der Waals surface area contributed by atoms with E-state index in [-0.39, 0.29) is 17.7 Å². The molecular weight excluding hydrogens is 278 g/mol. The zero-order valence-electron chi connectivity index (χ0n) is 8.94. The number of halogens is 1. The van der Waals surface area contributed by atoms with Gasteiger partial charge in [0.25, 0.3) is 5.88 Å². The van der Waals surface area contributed by atoms with Gasteiger partial charge in [0.1, 0.15) is 6.10 Å². The average Bonchev–Trinajstić information content (AvgIpc) is 2.20. The van der Waals surface area contributed by atoms with Gasteiger partial charge in [-0.25, -0.2) is 4.98 Å². The van der Waals surface area contributed by atoms with Gasteiger partial charge in [-0.3, -0.25) is 10.1 Å². The fourth-order valence-corrected chi connectivity index (χ4v) is 1.48. The summed E-state index contributed by atoms with van der Waals surface area (Å²) in [6.07, 6.45) is 1.28. The van der Waals surface area contributed by atoms with Gasteiger partial charge in [-0.1, -0.05) is 0 Å². The molecule has 0 aromatic carbocycles. The molecule has 1 N–H and O–H groups in total. The maximum absolute atomic E-state index is 10.8. The van der Waals surface area contributed by atoms with Crippen LogP contribution in [0.4, 0.5) is 5.69 Å². The Labute approximate surface area is 101 Å². The minimum absolute atomic E-state index is 0.0379. The molecule has 0 saturated carbocycles. The minimum Gasteiger partial charge on any atom is -0.468 e. The van der Waals surface area contributed by atoms with Crippen LogP contribution in [0.3, 0.4) is 0 Å². The molecule has 6 nitrogen and oxygen atoms in total.